The van der Waals surface area contributed by atoms with Crippen LogP contribution in [0.5, 0.6) is 11.5 Å². The van der Waals surface area contributed by atoms with Gasteiger partial charge < -0.3 is 20.5 Å². The zero-order chi connectivity index (χ0) is 24.8. The summed E-state index contributed by atoms with van der Waals surface area (Å²) in [6.07, 6.45) is 3.33. The van der Waals surface area contributed by atoms with Crippen LogP contribution in [0.4, 0.5) is 16.2 Å². The first-order valence-electron chi connectivity index (χ1n) is 12.1. The number of benzene rings is 2. The number of thioether (sulfide) groups is 1. The number of aliphatic hydroxyl groups is 1. The number of aromatic nitrogens is 1. The van der Waals surface area contributed by atoms with Crippen LogP contribution in [0, 0.1) is 6.92 Å². The highest BCUT2D eigenvalue weighted by Crippen LogP contribution is 2.51. The van der Waals surface area contributed by atoms with Gasteiger partial charge in [0.15, 0.2) is 0 Å². The molecule has 4 atom stereocenters. The molecule has 1 aliphatic carbocycles. The molecule has 3 aromatic rings. The van der Waals surface area contributed by atoms with Crippen molar-refractivity contribution in [3.63, 3.8) is 0 Å². The van der Waals surface area contributed by atoms with Crippen molar-refractivity contribution < 1.29 is 19.4 Å². The molecule has 3 N–H and O–H groups in total. The van der Waals surface area contributed by atoms with E-state index in [0.29, 0.717) is 18.6 Å². The van der Waals surface area contributed by atoms with Gasteiger partial charge in [0, 0.05) is 17.8 Å². The van der Waals surface area contributed by atoms with E-state index < -0.39 is 11.3 Å². The second-order valence-electron chi connectivity index (χ2n) is 9.39. The average Bonchev–Trinajstić information content (AvgIpc) is 3.44. The number of hydrogen-bond donors (Lipinski definition) is 3. The fraction of sp³-hybridized carbons (Fsp3) is 0.296. The Labute approximate surface area is 213 Å². The summed E-state index contributed by atoms with van der Waals surface area (Å²) in [6.45, 7) is 1.94. The number of carbonyl (C=O) groups excluding carboxylic acids is 2. The number of aryl methyl sites for hydroxylation is 1. The number of nitrogens with zero attached hydrogens (tertiary/aromatic N) is 2. The van der Waals surface area contributed by atoms with Gasteiger partial charge in [0.1, 0.15) is 21.8 Å². The van der Waals surface area contributed by atoms with Crippen molar-refractivity contribution in [3.8, 4) is 11.5 Å². The molecule has 0 saturated heterocycles. The molecule has 3 amide bonds. The molecule has 2 aromatic carbocycles. The Morgan fingerprint density at radius 2 is 1.97 bits per heavy atom. The first kappa shape index (κ1) is 22.9. The van der Waals surface area contributed by atoms with Gasteiger partial charge in [-0.1, -0.05) is 30.0 Å². The Hall–Kier alpha value is -3.56. The number of ether oxygens (including phenoxy) is 1. The Balaban J connectivity index is 1.27. The molecule has 0 radical (unpaired) electrons. The van der Waals surface area contributed by atoms with E-state index in [-0.39, 0.29) is 24.1 Å². The summed E-state index contributed by atoms with van der Waals surface area (Å²) in [4.78, 5) is 32.7. The van der Waals surface area contributed by atoms with E-state index in [1.807, 2.05) is 61.5 Å². The smallest absolute Gasteiger partial charge is 0.327 e. The molecule has 0 bridgehead atoms. The minimum absolute atomic E-state index is 0.0423. The zero-order valence-electron chi connectivity index (χ0n) is 19.7. The van der Waals surface area contributed by atoms with Gasteiger partial charge in [0.25, 0.3) is 0 Å². The molecule has 1 fully saturated rings. The molecule has 6 rings (SSSR count). The Kier molecular flexibility index (Phi) is 5.81. The topological polar surface area (TPSA) is 104 Å². The van der Waals surface area contributed by atoms with Crippen LogP contribution in [0.1, 0.15) is 36.4 Å². The molecule has 2 unspecified atom stereocenters. The first-order valence-corrected chi connectivity index (χ1v) is 12.9. The molecule has 1 saturated carbocycles. The number of urea groups is 1. The predicted molar refractivity (Wildman–Crippen MR) is 137 cm³/mol. The lowest BCUT2D eigenvalue weighted by atomic mass is 9.99. The third-order valence-corrected chi connectivity index (χ3v) is 8.19. The Morgan fingerprint density at radius 1 is 1.14 bits per heavy atom. The number of para-hydroxylation sites is 1. The minimum Gasteiger partial charge on any atom is -0.457 e. The third-order valence-electron chi connectivity index (χ3n) is 6.90. The third kappa shape index (κ3) is 4.08. The first-order chi connectivity index (χ1) is 17.5. The van der Waals surface area contributed by atoms with Crippen molar-refractivity contribution in [2.45, 2.75) is 54.6 Å². The summed E-state index contributed by atoms with van der Waals surface area (Å²) < 4.78 is 5.95. The van der Waals surface area contributed by atoms with E-state index in [2.05, 4.69) is 15.6 Å². The number of amides is 3. The van der Waals surface area contributed by atoms with Crippen molar-refractivity contribution >= 4 is 35.1 Å². The Morgan fingerprint density at radius 3 is 2.72 bits per heavy atom. The van der Waals surface area contributed by atoms with Crippen LogP contribution in [0.15, 0.2) is 65.8 Å². The molecule has 0 spiro atoms. The number of anilines is 2. The lowest BCUT2D eigenvalue weighted by molar-refractivity contribution is -0.121. The molecule has 1 aromatic heterocycles. The van der Waals surface area contributed by atoms with Crippen molar-refractivity contribution in [2.24, 2.45) is 0 Å². The SMILES string of the molecule is Cc1cc(Oc2ccccc2)ccc1N1C(=O)NC2c3c1ccnc3SC2C(=O)N[C@H]1CC[C@@H](O)C1. The number of nitrogens with one attached hydrogen (secondary N) is 2. The van der Waals surface area contributed by atoms with Crippen LogP contribution in [0.3, 0.4) is 0 Å². The largest absolute Gasteiger partial charge is 0.457 e. The van der Waals surface area contributed by atoms with Crippen molar-refractivity contribution in [3.05, 3.63) is 71.9 Å². The second kappa shape index (κ2) is 9.15. The van der Waals surface area contributed by atoms with Gasteiger partial charge in [0.05, 0.1) is 23.5 Å². The lowest BCUT2D eigenvalue weighted by Crippen LogP contribution is -2.50. The quantitative estimate of drug-likeness (QED) is 0.472. The maximum absolute atomic E-state index is 13.4. The molecule has 8 nitrogen and oxygen atoms in total. The van der Waals surface area contributed by atoms with Crippen LogP contribution >= 0.6 is 11.8 Å². The van der Waals surface area contributed by atoms with E-state index in [1.54, 1.807) is 11.1 Å². The second-order valence-corrected chi connectivity index (χ2v) is 10.5. The highest BCUT2D eigenvalue weighted by Gasteiger charge is 2.47. The van der Waals surface area contributed by atoms with Crippen LogP contribution in [-0.4, -0.2) is 39.4 Å². The van der Waals surface area contributed by atoms with Gasteiger partial charge in [-0.3, -0.25) is 9.69 Å². The van der Waals surface area contributed by atoms with E-state index in [4.69, 9.17) is 4.74 Å². The molecule has 36 heavy (non-hydrogen) atoms. The summed E-state index contributed by atoms with van der Waals surface area (Å²) in [5.74, 6) is 1.28. The van der Waals surface area contributed by atoms with Gasteiger partial charge in [-0.2, -0.15) is 0 Å². The highest BCUT2D eigenvalue weighted by atomic mass is 32.2. The van der Waals surface area contributed by atoms with E-state index in [1.165, 1.54) is 11.8 Å². The lowest BCUT2D eigenvalue weighted by Gasteiger charge is -2.35. The molecular weight excluding hydrogens is 476 g/mol. The molecule has 2 aliphatic heterocycles. The fourth-order valence-corrected chi connectivity index (χ4v) is 6.44. The summed E-state index contributed by atoms with van der Waals surface area (Å²) in [6, 6.07) is 16.2. The van der Waals surface area contributed by atoms with Gasteiger partial charge in [-0.05, 0) is 68.1 Å². The molecule has 3 heterocycles. The van der Waals surface area contributed by atoms with E-state index in [0.717, 1.165) is 39.7 Å². The number of rotatable bonds is 5. The zero-order valence-corrected chi connectivity index (χ0v) is 20.5. The summed E-state index contributed by atoms with van der Waals surface area (Å²) in [5, 5.41) is 16.2. The predicted octanol–water partition coefficient (Wildman–Crippen LogP) is 4.59. The van der Waals surface area contributed by atoms with Gasteiger partial charge in [-0.15, -0.1) is 0 Å². The van der Waals surface area contributed by atoms with Crippen LogP contribution in [0.25, 0.3) is 0 Å². The maximum Gasteiger partial charge on any atom is 0.327 e. The van der Waals surface area contributed by atoms with Gasteiger partial charge in [-0.25, -0.2) is 9.78 Å². The van der Waals surface area contributed by atoms with Gasteiger partial charge in [0.2, 0.25) is 5.91 Å². The van der Waals surface area contributed by atoms with Crippen molar-refractivity contribution in [1.29, 1.82) is 0 Å². The monoisotopic (exact) mass is 502 g/mol. The van der Waals surface area contributed by atoms with Crippen molar-refractivity contribution in [2.75, 3.05) is 4.90 Å². The standard InChI is InChI=1S/C27H26N4O4S/c1-15-13-19(35-18-5-3-2-4-6-18)9-10-20(15)31-21-11-12-28-26-22(21)23(30-27(31)34)24(36-26)25(33)29-16-7-8-17(32)14-16/h2-6,9-13,16-17,23-24,32H,7-8,14H2,1H3,(H,29,33)(H,30,34)/t16-,17+,23?,24?/m0/s1. The molecule has 3 aliphatic rings. The van der Waals surface area contributed by atoms with Crippen LogP contribution < -0.4 is 20.3 Å². The van der Waals surface area contributed by atoms with Crippen LogP contribution in [-0.2, 0) is 4.79 Å². The summed E-state index contributed by atoms with van der Waals surface area (Å²) in [7, 11) is 0. The number of carbonyl (C=O) groups is 2. The van der Waals surface area contributed by atoms with Crippen LogP contribution in [0.2, 0.25) is 0 Å². The minimum atomic E-state index is -0.514. The molecular formula is C27H26N4O4S. The normalized spacial score (nSPS) is 24.3. The Bertz CT molecular complexity index is 1330. The number of aliphatic hydroxyl groups excluding tert-OH is 1. The van der Waals surface area contributed by atoms with Gasteiger partial charge >= 0.3 is 6.03 Å². The molecule has 184 valence electrons. The maximum atomic E-state index is 13.4. The molecule has 9 heteroatoms. The van der Waals surface area contributed by atoms with E-state index in [9.17, 15) is 14.7 Å². The van der Waals surface area contributed by atoms with Crippen molar-refractivity contribution in [1.82, 2.24) is 15.6 Å². The van der Waals surface area contributed by atoms with E-state index >= 15 is 0 Å². The summed E-state index contributed by atoms with van der Waals surface area (Å²) >= 11 is 1.38. The summed E-state index contributed by atoms with van der Waals surface area (Å²) in [5.41, 5.74) is 3.20. The number of hydrogen-bond acceptors (Lipinski definition) is 6. The fourth-order valence-electron chi connectivity index (χ4n) is 5.20. The number of pyridine rings is 1. The highest BCUT2D eigenvalue weighted by molar-refractivity contribution is 8.01. The average molecular weight is 503 g/mol.